The van der Waals surface area contributed by atoms with E-state index < -0.39 is 28.1 Å². The second-order valence-corrected chi connectivity index (χ2v) is 5.49. The average molecular weight is 342 g/mol. The van der Waals surface area contributed by atoms with Gasteiger partial charge in [-0.1, -0.05) is 23.7 Å². The standard InChI is InChI=1S/C14H9ClFNO4S/c15-10-3-1-2-4-13(10)22-8-14(18)21-12-7-9(16)5-6-11(12)17(19)20/h1-7H,8H2. The van der Waals surface area contributed by atoms with Gasteiger partial charge in [-0.15, -0.1) is 11.8 Å². The number of nitro benzene ring substituents is 1. The van der Waals surface area contributed by atoms with Crippen molar-refractivity contribution in [1.29, 1.82) is 0 Å². The molecule has 2 aromatic carbocycles. The Kier molecular flexibility index (Phi) is 5.35. The lowest BCUT2D eigenvalue weighted by Gasteiger charge is -2.06. The van der Waals surface area contributed by atoms with Crippen molar-refractivity contribution < 1.29 is 18.8 Å². The number of nitrogens with zero attached hydrogens (tertiary/aromatic N) is 1. The number of carbonyl (C=O) groups is 1. The Morgan fingerprint density at radius 3 is 2.73 bits per heavy atom. The van der Waals surface area contributed by atoms with Gasteiger partial charge in [0.1, 0.15) is 5.82 Å². The smallest absolute Gasteiger partial charge is 0.321 e. The van der Waals surface area contributed by atoms with Crippen molar-refractivity contribution in [3.63, 3.8) is 0 Å². The first kappa shape index (κ1) is 16.3. The molecule has 0 atom stereocenters. The predicted octanol–water partition coefficient (Wildman–Crippen LogP) is 4.09. The van der Waals surface area contributed by atoms with Gasteiger partial charge < -0.3 is 4.74 Å². The van der Waals surface area contributed by atoms with Crippen LogP contribution in [-0.2, 0) is 4.79 Å². The molecule has 22 heavy (non-hydrogen) atoms. The zero-order valence-corrected chi connectivity index (χ0v) is 12.6. The lowest BCUT2D eigenvalue weighted by Crippen LogP contribution is -2.12. The molecular formula is C14H9ClFNO4S. The Labute approximate surface area is 134 Å². The molecule has 2 rings (SSSR count). The maximum atomic E-state index is 13.1. The molecule has 0 spiro atoms. The summed E-state index contributed by atoms with van der Waals surface area (Å²) in [6.07, 6.45) is 0. The van der Waals surface area contributed by atoms with Crippen LogP contribution in [0.2, 0.25) is 5.02 Å². The average Bonchev–Trinajstić information content (AvgIpc) is 2.46. The molecule has 0 N–H and O–H groups in total. The predicted molar refractivity (Wildman–Crippen MR) is 80.9 cm³/mol. The first-order valence-electron chi connectivity index (χ1n) is 5.99. The minimum absolute atomic E-state index is 0.114. The number of hydrogen-bond donors (Lipinski definition) is 0. The van der Waals surface area contributed by atoms with Crippen molar-refractivity contribution in [2.75, 3.05) is 5.75 Å². The van der Waals surface area contributed by atoms with E-state index in [2.05, 4.69) is 0 Å². The maximum absolute atomic E-state index is 13.1. The summed E-state index contributed by atoms with van der Waals surface area (Å²) in [5.41, 5.74) is -0.475. The van der Waals surface area contributed by atoms with E-state index in [1.165, 1.54) is 0 Å². The topological polar surface area (TPSA) is 69.4 Å². The Hall–Kier alpha value is -2.12. The van der Waals surface area contributed by atoms with Gasteiger partial charge in [0.25, 0.3) is 0 Å². The second kappa shape index (κ2) is 7.24. The molecule has 0 fully saturated rings. The minimum atomic E-state index is -0.747. The lowest BCUT2D eigenvalue weighted by atomic mass is 10.3. The van der Waals surface area contributed by atoms with Crippen molar-refractivity contribution in [2.45, 2.75) is 4.90 Å². The number of carbonyl (C=O) groups excluding carboxylic acids is 1. The van der Waals surface area contributed by atoms with Crippen LogP contribution in [0, 0.1) is 15.9 Å². The second-order valence-electron chi connectivity index (χ2n) is 4.06. The number of benzene rings is 2. The number of rotatable bonds is 5. The molecule has 5 nitrogen and oxygen atoms in total. The summed E-state index contributed by atoms with van der Waals surface area (Å²) < 4.78 is 18.0. The number of thioether (sulfide) groups is 1. The summed E-state index contributed by atoms with van der Waals surface area (Å²) in [4.78, 5) is 22.5. The molecular weight excluding hydrogens is 333 g/mol. The van der Waals surface area contributed by atoms with E-state index in [-0.39, 0.29) is 5.75 Å². The van der Waals surface area contributed by atoms with Crippen LogP contribution in [0.1, 0.15) is 0 Å². The van der Waals surface area contributed by atoms with Gasteiger partial charge in [-0.25, -0.2) is 4.39 Å². The molecule has 0 aliphatic carbocycles. The molecule has 0 unspecified atom stereocenters. The Bertz CT molecular complexity index is 726. The minimum Gasteiger partial charge on any atom is -0.418 e. The SMILES string of the molecule is O=C(CSc1ccccc1Cl)Oc1cc(F)ccc1[N+](=O)[O-]. The monoisotopic (exact) mass is 341 g/mol. The highest BCUT2D eigenvalue weighted by Gasteiger charge is 2.19. The third-order valence-electron chi connectivity index (χ3n) is 2.52. The summed E-state index contributed by atoms with van der Waals surface area (Å²) in [5.74, 6) is -2.00. The number of nitro groups is 1. The van der Waals surface area contributed by atoms with Gasteiger partial charge in [-0.05, 0) is 18.2 Å². The summed E-state index contributed by atoms with van der Waals surface area (Å²) in [7, 11) is 0. The maximum Gasteiger partial charge on any atom is 0.321 e. The van der Waals surface area contributed by atoms with Crippen molar-refractivity contribution >= 4 is 35.0 Å². The van der Waals surface area contributed by atoms with Gasteiger partial charge in [0.05, 0.1) is 15.7 Å². The van der Waals surface area contributed by atoms with Crippen LogP contribution in [0.25, 0.3) is 0 Å². The van der Waals surface area contributed by atoms with Gasteiger partial charge in [0.2, 0.25) is 5.75 Å². The molecule has 0 amide bonds. The van der Waals surface area contributed by atoms with Crippen molar-refractivity contribution in [1.82, 2.24) is 0 Å². The van der Waals surface area contributed by atoms with Crippen LogP contribution in [0.4, 0.5) is 10.1 Å². The van der Waals surface area contributed by atoms with E-state index in [0.717, 1.165) is 30.0 Å². The van der Waals surface area contributed by atoms with Crippen LogP contribution in [0.5, 0.6) is 5.75 Å². The van der Waals surface area contributed by atoms with E-state index in [9.17, 15) is 19.3 Å². The highest BCUT2D eigenvalue weighted by atomic mass is 35.5. The summed E-state index contributed by atoms with van der Waals surface area (Å²) in [5, 5.41) is 11.3. The van der Waals surface area contributed by atoms with Crippen molar-refractivity contribution in [2.24, 2.45) is 0 Å². The van der Waals surface area contributed by atoms with E-state index in [1.54, 1.807) is 24.3 Å². The number of ether oxygens (including phenoxy) is 1. The van der Waals surface area contributed by atoms with Crippen LogP contribution in [0.3, 0.4) is 0 Å². The molecule has 114 valence electrons. The molecule has 0 aromatic heterocycles. The molecule has 0 aliphatic rings. The molecule has 2 aromatic rings. The molecule has 0 radical (unpaired) electrons. The summed E-state index contributed by atoms with van der Waals surface area (Å²) >= 11 is 7.07. The van der Waals surface area contributed by atoms with Crippen molar-refractivity contribution in [3.8, 4) is 5.75 Å². The number of hydrogen-bond acceptors (Lipinski definition) is 5. The van der Waals surface area contributed by atoms with E-state index in [1.807, 2.05) is 0 Å². The van der Waals surface area contributed by atoms with E-state index in [4.69, 9.17) is 16.3 Å². The van der Waals surface area contributed by atoms with Crippen LogP contribution < -0.4 is 4.74 Å². The third-order valence-corrected chi connectivity index (χ3v) is 4.01. The Morgan fingerprint density at radius 2 is 2.05 bits per heavy atom. The highest BCUT2D eigenvalue weighted by molar-refractivity contribution is 8.00. The van der Waals surface area contributed by atoms with E-state index >= 15 is 0 Å². The Morgan fingerprint density at radius 1 is 1.32 bits per heavy atom. The van der Waals surface area contributed by atoms with Crippen LogP contribution in [0.15, 0.2) is 47.4 Å². The first-order valence-corrected chi connectivity index (χ1v) is 7.35. The van der Waals surface area contributed by atoms with Gasteiger partial charge >= 0.3 is 11.7 Å². The Balaban J connectivity index is 2.05. The molecule has 0 aliphatic heterocycles. The molecule has 0 heterocycles. The quantitative estimate of drug-likeness (QED) is 0.269. The lowest BCUT2D eigenvalue weighted by molar-refractivity contribution is -0.385. The van der Waals surface area contributed by atoms with Gasteiger partial charge in [0.15, 0.2) is 0 Å². The molecule has 0 saturated carbocycles. The zero-order valence-electron chi connectivity index (χ0n) is 11.0. The highest BCUT2D eigenvalue weighted by Crippen LogP contribution is 2.29. The van der Waals surface area contributed by atoms with Gasteiger partial charge in [0, 0.05) is 17.0 Å². The van der Waals surface area contributed by atoms with Crippen LogP contribution >= 0.6 is 23.4 Å². The fraction of sp³-hybridized carbons (Fsp3) is 0.0714. The fourth-order valence-corrected chi connectivity index (χ4v) is 2.58. The number of esters is 1. The number of halogens is 2. The van der Waals surface area contributed by atoms with E-state index in [0.29, 0.717) is 9.92 Å². The van der Waals surface area contributed by atoms with Gasteiger partial charge in [-0.2, -0.15) is 0 Å². The fourth-order valence-electron chi connectivity index (χ4n) is 1.57. The normalized spacial score (nSPS) is 10.3. The first-order chi connectivity index (χ1) is 10.5. The molecule has 8 heteroatoms. The molecule has 0 bridgehead atoms. The summed E-state index contributed by atoms with van der Waals surface area (Å²) in [6, 6.07) is 9.58. The third kappa shape index (κ3) is 4.19. The van der Waals surface area contributed by atoms with Crippen molar-refractivity contribution in [3.05, 3.63) is 63.4 Å². The largest absolute Gasteiger partial charge is 0.418 e. The van der Waals surface area contributed by atoms with Gasteiger partial charge in [-0.3, -0.25) is 14.9 Å². The zero-order chi connectivity index (χ0) is 16.1. The van der Waals surface area contributed by atoms with Crippen LogP contribution in [-0.4, -0.2) is 16.6 Å². The summed E-state index contributed by atoms with van der Waals surface area (Å²) in [6.45, 7) is 0. The molecule has 0 saturated heterocycles.